The van der Waals surface area contributed by atoms with Gasteiger partial charge in [-0.1, -0.05) is 12.1 Å². The third-order valence-corrected chi connectivity index (χ3v) is 2.41. The first-order chi connectivity index (χ1) is 8.79. The van der Waals surface area contributed by atoms with E-state index in [9.17, 15) is 4.79 Å². The molecular weight excluding hydrogens is 234 g/mol. The molecule has 0 fully saturated rings. The fourth-order valence-corrected chi connectivity index (χ4v) is 1.51. The predicted molar refractivity (Wildman–Crippen MR) is 62.9 cm³/mol. The molecular formula is C11H15N5O2. The molecule has 2 heterocycles. The maximum Gasteiger partial charge on any atom is 0.273 e. The van der Waals surface area contributed by atoms with Crippen molar-refractivity contribution in [2.24, 2.45) is 0 Å². The summed E-state index contributed by atoms with van der Waals surface area (Å²) < 4.78 is 6.83. The van der Waals surface area contributed by atoms with Crippen molar-refractivity contribution in [1.29, 1.82) is 0 Å². The normalized spacial score (nSPS) is 10.5. The minimum Gasteiger partial charge on any atom is -0.361 e. The van der Waals surface area contributed by atoms with E-state index in [0.29, 0.717) is 18.8 Å². The molecule has 1 amide bonds. The summed E-state index contributed by atoms with van der Waals surface area (Å²) in [5.41, 5.74) is 0.321. The lowest BCUT2D eigenvalue weighted by molar-refractivity contribution is 0.0943. The Morgan fingerprint density at radius 1 is 1.44 bits per heavy atom. The lowest BCUT2D eigenvalue weighted by atomic mass is 10.2. The third kappa shape index (κ3) is 3.16. The van der Waals surface area contributed by atoms with E-state index in [1.807, 2.05) is 6.92 Å². The van der Waals surface area contributed by atoms with Gasteiger partial charge in [0.15, 0.2) is 5.69 Å². The molecule has 2 aromatic rings. The first kappa shape index (κ1) is 12.3. The minimum atomic E-state index is -0.228. The van der Waals surface area contributed by atoms with Gasteiger partial charge in [-0.2, -0.15) is 0 Å². The number of hydrogen-bond acceptors (Lipinski definition) is 5. The largest absolute Gasteiger partial charge is 0.361 e. The van der Waals surface area contributed by atoms with Gasteiger partial charge in [-0.05, 0) is 6.42 Å². The van der Waals surface area contributed by atoms with Crippen LogP contribution in [0.2, 0.25) is 0 Å². The average molecular weight is 249 g/mol. The molecule has 96 valence electrons. The lowest BCUT2D eigenvalue weighted by Crippen LogP contribution is -2.27. The van der Waals surface area contributed by atoms with Crippen LogP contribution in [0.4, 0.5) is 0 Å². The standard InChI is InChI=1S/C11H15N5O2/c1-2-3-9-6-10(15-18-9)11(17)12-4-5-16-7-13-14-8-16/h6-8H,2-5H2,1H3,(H,12,17). The van der Waals surface area contributed by atoms with Crippen molar-refractivity contribution in [2.75, 3.05) is 6.54 Å². The van der Waals surface area contributed by atoms with Crippen LogP contribution in [0.5, 0.6) is 0 Å². The summed E-state index contributed by atoms with van der Waals surface area (Å²) in [5, 5.41) is 13.8. The molecule has 0 radical (unpaired) electrons. The Morgan fingerprint density at radius 2 is 2.22 bits per heavy atom. The van der Waals surface area contributed by atoms with Gasteiger partial charge in [0, 0.05) is 25.6 Å². The maximum absolute atomic E-state index is 11.7. The Bertz CT molecular complexity index is 491. The van der Waals surface area contributed by atoms with Gasteiger partial charge in [0.05, 0.1) is 0 Å². The summed E-state index contributed by atoms with van der Waals surface area (Å²) in [5.74, 6) is 0.510. The van der Waals surface area contributed by atoms with E-state index >= 15 is 0 Å². The number of carbonyl (C=O) groups excluding carboxylic acids is 1. The summed E-state index contributed by atoms with van der Waals surface area (Å²) >= 11 is 0. The Morgan fingerprint density at radius 3 is 2.94 bits per heavy atom. The van der Waals surface area contributed by atoms with Crippen LogP contribution in [0.25, 0.3) is 0 Å². The number of nitrogens with one attached hydrogen (secondary N) is 1. The van der Waals surface area contributed by atoms with Crippen molar-refractivity contribution in [3.05, 3.63) is 30.2 Å². The minimum absolute atomic E-state index is 0.228. The van der Waals surface area contributed by atoms with Gasteiger partial charge < -0.3 is 14.4 Å². The van der Waals surface area contributed by atoms with Crippen molar-refractivity contribution in [2.45, 2.75) is 26.3 Å². The van der Waals surface area contributed by atoms with E-state index in [-0.39, 0.29) is 5.91 Å². The highest BCUT2D eigenvalue weighted by Crippen LogP contribution is 2.05. The molecule has 0 unspecified atom stereocenters. The molecule has 18 heavy (non-hydrogen) atoms. The van der Waals surface area contributed by atoms with E-state index in [0.717, 1.165) is 18.6 Å². The Labute approximate surface area is 104 Å². The number of amides is 1. The second kappa shape index (κ2) is 5.95. The van der Waals surface area contributed by atoms with Gasteiger partial charge in [0.2, 0.25) is 0 Å². The van der Waals surface area contributed by atoms with E-state index in [4.69, 9.17) is 4.52 Å². The first-order valence-corrected chi connectivity index (χ1v) is 5.86. The molecule has 0 aromatic carbocycles. The van der Waals surface area contributed by atoms with Crippen LogP contribution in [0.1, 0.15) is 29.6 Å². The highest BCUT2D eigenvalue weighted by Gasteiger charge is 2.11. The maximum atomic E-state index is 11.7. The Balaban J connectivity index is 1.80. The first-order valence-electron chi connectivity index (χ1n) is 5.86. The number of nitrogens with zero attached hydrogens (tertiary/aromatic N) is 4. The van der Waals surface area contributed by atoms with Crippen LogP contribution in [0, 0.1) is 0 Å². The Kier molecular flexibility index (Phi) is 4.06. The fraction of sp³-hybridized carbons (Fsp3) is 0.455. The van der Waals surface area contributed by atoms with Gasteiger partial charge in [-0.25, -0.2) is 0 Å². The third-order valence-electron chi connectivity index (χ3n) is 2.41. The van der Waals surface area contributed by atoms with Gasteiger partial charge in [0.25, 0.3) is 5.91 Å². The van der Waals surface area contributed by atoms with E-state index in [2.05, 4.69) is 20.7 Å². The molecule has 0 aliphatic heterocycles. The van der Waals surface area contributed by atoms with Crippen LogP contribution >= 0.6 is 0 Å². The van der Waals surface area contributed by atoms with E-state index < -0.39 is 0 Å². The van der Waals surface area contributed by atoms with Gasteiger partial charge >= 0.3 is 0 Å². The zero-order valence-corrected chi connectivity index (χ0v) is 10.2. The number of rotatable bonds is 6. The number of aryl methyl sites for hydroxylation is 1. The highest BCUT2D eigenvalue weighted by atomic mass is 16.5. The molecule has 2 rings (SSSR count). The smallest absolute Gasteiger partial charge is 0.273 e. The summed E-state index contributed by atoms with van der Waals surface area (Å²) in [6.45, 7) is 3.16. The van der Waals surface area contributed by atoms with Gasteiger partial charge in [-0.3, -0.25) is 4.79 Å². The van der Waals surface area contributed by atoms with Crippen molar-refractivity contribution < 1.29 is 9.32 Å². The van der Waals surface area contributed by atoms with Crippen molar-refractivity contribution in [3.63, 3.8) is 0 Å². The van der Waals surface area contributed by atoms with Crippen LogP contribution in [0.15, 0.2) is 23.2 Å². The summed E-state index contributed by atoms with van der Waals surface area (Å²) in [4.78, 5) is 11.7. The number of hydrogen-bond donors (Lipinski definition) is 1. The zero-order valence-electron chi connectivity index (χ0n) is 10.2. The summed E-state index contributed by atoms with van der Waals surface area (Å²) in [6, 6.07) is 1.68. The SMILES string of the molecule is CCCc1cc(C(=O)NCCn2cnnc2)no1. The molecule has 2 aromatic heterocycles. The lowest BCUT2D eigenvalue weighted by Gasteiger charge is -2.02. The number of aromatic nitrogens is 4. The molecule has 0 saturated carbocycles. The molecule has 0 aliphatic rings. The zero-order chi connectivity index (χ0) is 12.8. The second-order valence-electron chi connectivity index (χ2n) is 3.88. The monoisotopic (exact) mass is 249 g/mol. The van der Waals surface area contributed by atoms with Crippen LogP contribution in [0.3, 0.4) is 0 Å². The highest BCUT2D eigenvalue weighted by molar-refractivity contribution is 5.92. The molecule has 0 spiro atoms. The van der Waals surface area contributed by atoms with Crippen molar-refractivity contribution >= 4 is 5.91 Å². The summed E-state index contributed by atoms with van der Waals surface area (Å²) in [7, 11) is 0. The van der Waals surface area contributed by atoms with Gasteiger partial charge in [-0.15, -0.1) is 10.2 Å². The molecule has 0 aliphatic carbocycles. The Hall–Kier alpha value is -2.18. The molecule has 1 N–H and O–H groups in total. The topological polar surface area (TPSA) is 85.8 Å². The van der Waals surface area contributed by atoms with Crippen molar-refractivity contribution in [3.8, 4) is 0 Å². The van der Waals surface area contributed by atoms with Crippen LogP contribution in [-0.2, 0) is 13.0 Å². The molecule has 7 heteroatoms. The average Bonchev–Trinajstić information content (AvgIpc) is 3.00. The fourth-order valence-electron chi connectivity index (χ4n) is 1.51. The quantitative estimate of drug-likeness (QED) is 0.812. The predicted octanol–water partition coefficient (Wildman–Crippen LogP) is 0.649. The number of carbonyl (C=O) groups is 1. The molecule has 0 atom stereocenters. The molecule has 0 saturated heterocycles. The summed E-state index contributed by atoms with van der Waals surface area (Å²) in [6.07, 6.45) is 4.95. The van der Waals surface area contributed by atoms with E-state index in [1.165, 1.54) is 0 Å². The van der Waals surface area contributed by atoms with Crippen LogP contribution in [-0.4, -0.2) is 32.4 Å². The van der Waals surface area contributed by atoms with Crippen LogP contribution < -0.4 is 5.32 Å². The molecule has 0 bridgehead atoms. The van der Waals surface area contributed by atoms with Crippen molar-refractivity contribution in [1.82, 2.24) is 25.2 Å². The second-order valence-corrected chi connectivity index (χ2v) is 3.88. The van der Waals surface area contributed by atoms with E-state index in [1.54, 1.807) is 23.3 Å². The van der Waals surface area contributed by atoms with Gasteiger partial charge in [0.1, 0.15) is 18.4 Å². The molecule has 7 nitrogen and oxygen atoms in total.